The molecule has 1 saturated heterocycles. The molecule has 2 rings (SSSR count). The van der Waals surface area contributed by atoms with E-state index in [2.05, 4.69) is 32.1 Å². The first-order valence-electron chi connectivity index (χ1n) is 6.88. The average Bonchev–Trinajstić information content (AvgIpc) is 2.41. The van der Waals surface area contributed by atoms with Crippen molar-refractivity contribution in [1.82, 2.24) is 20.2 Å². The van der Waals surface area contributed by atoms with Crippen LogP contribution >= 0.6 is 0 Å². The number of hydrogen-bond acceptors (Lipinski definition) is 4. The molecule has 6 heteroatoms. The molecule has 108 valence electrons. The minimum absolute atomic E-state index is 0.203. The zero-order valence-electron chi connectivity index (χ0n) is 11.8. The predicted molar refractivity (Wildman–Crippen MR) is 78.6 cm³/mol. The third-order valence-corrected chi connectivity index (χ3v) is 3.33. The summed E-state index contributed by atoms with van der Waals surface area (Å²) >= 11 is 0. The molecule has 0 aliphatic carbocycles. The van der Waals surface area contributed by atoms with E-state index in [0.29, 0.717) is 11.6 Å². The monoisotopic (exact) mass is 275 g/mol. The Morgan fingerprint density at radius 2 is 2.30 bits per heavy atom. The van der Waals surface area contributed by atoms with Crippen molar-refractivity contribution in [1.29, 1.82) is 0 Å². The molecule has 0 spiro atoms. The molecule has 0 bridgehead atoms. The van der Waals surface area contributed by atoms with E-state index in [4.69, 9.17) is 0 Å². The van der Waals surface area contributed by atoms with Crippen LogP contribution < -0.4 is 10.6 Å². The highest BCUT2D eigenvalue weighted by atomic mass is 16.2. The Kier molecular flexibility index (Phi) is 5.06. The summed E-state index contributed by atoms with van der Waals surface area (Å²) < 4.78 is 0. The Bertz CT molecular complexity index is 468. The third-order valence-electron chi connectivity index (χ3n) is 3.33. The molecule has 2 heterocycles. The number of hydrogen-bond donors (Lipinski definition) is 2. The second-order valence-corrected chi connectivity index (χ2v) is 4.95. The summed E-state index contributed by atoms with van der Waals surface area (Å²) in [7, 11) is 0. The lowest BCUT2D eigenvalue weighted by Crippen LogP contribution is -2.46. The number of rotatable bonds is 4. The van der Waals surface area contributed by atoms with Crippen molar-refractivity contribution in [2.24, 2.45) is 0 Å². The largest absolute Gasteiger partial charge is 0.335 e. The Balaban J connectivity index is 1.77. The van der Waals surface area contributed by atoms with Crippen LogP contribution in [0, 0.1) is 6.92 Å². The molecule has 0 aromatic carbocycles. The van der Waals surface area contributed by atoms with Gasteiger partial charge in [0.2, 0.25) is 0 Å². The normalized spacial score (nSPS) is 16.6. The van der Waals surface area contributed by atoms with Crippen LogP contribution in [-0.4, -0.2) is 46.6 Å². The molecule has 1 aliphatic rings. The lowest BCUT2D eigenvalue weighted by atomic mass is 10.1. The second kappa shape index (κ2) is 7.00. The summed E-state index contributed by atoms with van der Waals surface area (Å²) in [5.41, 5.74) is 0. The van der Waals surface area contributed by atoms with Crippen LogP contribution in [0.15, 0.2) is 24.9 Å². The number of piperidine rings is 1. The molecule has 0 unspecified atom stereocenters. The third kappa shape index (κ3) is 4.31. The first-order valence-corrected chi connectivity index (χ1v) is 6.88. The molecule has 0 saturated carbocycles. The molecular weight excluding hydrogens is 254 g/mol. The van der Waals surface area contributed by atoms with Crippen LogP contribution in [0.25, 0.3) is 0 Å². The molecule has 0 atom stereocenters. The van der Waals surface area contributed by atoms with Crippen molar-refractivity contribution in [2.45, 2.75) is 25.8 Å². The Morgan fingerprint density at radius 3 is 2.95 bits per heavy atom. The summed E-state index contributed by atoms with van der Waals surface area (Å²) in [6.45, 7) is 8.43. The fraction of sp³-hybridized carbons (Fsp3) is 0.500. The van der Waals surface area contributed by atoms with E-state index in [1.54, 1.807) is 19.2 Å². The number of aryl methyl sites for hydroxylation is 1. The molecule has 1 aliphatic heterocycles. The number of carbonyl (C=O) groups excluding carboxylic acids is 1. The van der Waals surface area contributed by atoms with Crippen LogP contribution in [0.1, 0.15) is 18.7 Å². The first kappa shape index (κ1) is 14.5. The van der Waals surface area contributed by atoms with Crippen molar-refractivity contribution in [3.8, 4) is 0 Å². The highest BCUT2D eigenvalue weighted by molar-refractivity contribution is 5.88. The van der Waals surface area contributed by atoms with Gasteiger partial charge in [-0.2, -0.15) is 0 Å². The van der Waals surface area contributed by atoms with Crippen LogP contribution in [-0.2, 0) is 0 Å². The molecule has 1 aromatic heterocycles. The molecule has 0 radical (unpaired) electrons. The molecule has 20 heavy (non-hydrogen) atoms. The van der Waals surface area contributed by atoms with E-state index in [-0.39, 0.29) is 12.1 Å². The number of aromatic nitrogens is 2. The standard InChI is InChI=1S/C14H21N5O/c1-3-8-19-9-5-12(6-10-19)17-14(20)18-13-4-7-15-11(2)16-13/h3-4,7,12H,1,5-6,8-10H2,2H3,(H2,15,16,17,18,20). The minimum atomic E-state index is -0.203. The number of anilines is 1. The van der Waals surface area contributed by atoms with Gasteiger partial charge in [-0.15, -0.1) is 6.58 Å². The van der Waals surface area contributed by atoms with Crippen LogP contribution in [0.4, 0.5) is 10.6 Å². The number of carbonyl (C=O) groups is 1. The van der Waals surface area contributed by atoms with Crippen molar-refractivity contribution >= 4 is 11.8 Å². The van der Waals surface area contributed by atoms with E-state index in [1.165, 1.54) is 0 Å². The summed E-state index contributed by atoms with van der Waals surface area (Å²) in [6.07, 6.45) is 5.47. The van der Waals surface area contributed by atoms with Gasteiger partial charge in [0.1, 0.15) is 11.6 Å². The maximum absolute atomic E-state index is 11.9. The van der Waals surface area contributed by atoms with Gasteiger partial charge in [-0.3, -0.25) is 10.2 Å². The number of amides is 2. The molecule has 1 fully saturated rings. The van der Waals surface area contributed by atoms with Crippen LogP contribution in [0.3, 0.4) is 0 Å². The van der Waals surface area contributed by atoms with E-state index in [9.17, 15) is 4.79 Å². The van der Waals surface area contributed by atoms with Crippen LogP contribution in [0.5, 0.6) is 0 Å². The van der Waals surface area contributed by atoms with Gasteiger partial charge >= 0.3 is 6.03 Å². The fourth-order valence-electron chi connectivity index (χ4n) is 2.31. The van der Waals surface area contributed by atoms with Gasteiger partial charge in [0.15, 0.2) is 0 Å². The zero-order chi connectivity index (χ0) is 14.4. The van der Waals surface area contributed by atoms with Crippen molar-refractivity contribution in [2.75, 3.05) is 25.0 Å². The minimum Gasteiger partial charge on any atom is -0.335 e. The van der Waals surface area contributed by atoms with Crippen molar-refractivity contribution < 1.29 is 4.79 Å². The predicted octanol–water partition coefficient (Wildman–Crippen LogP) is 1.56. The highest BCUT2D eigenvalue weighted by Crippen LogP contribution is 2.10. The molecular formula is C14H21N5O. The summed E-state index contributed by atoms with van der Waals surface area (Å²) in [5, 5.41) is 5.72. The molecule has 2 N–H and O–H groups in total. The molecule has 1 aromatic rings. The van der Waals surface area contributed by atoms with Gasteiger partial charge in [-0.05, 0) is 25.8 Å². The van der Waals surface area contributed by atoms with Gasteiger partial charge in [0, 0.05) is 31.9 Å². The molecule has 2 amide bonds. The maximum Gasteiger partial charge on any atom is 0.320 e. The van der Waals surface area contributed by atoms with Gasteiger partial charge < -0.3 is 5.32 Å². The lowest BCUT2D eigenvalue weighted by molar-refractivity contribution is 0.209. The summed E-state index contributed by atoms with van der Waals surface area (Å²) in [4.78, 5) is 22.3. The highest BCUT2D eigenvalue weighted by Gasteiger charge is 2.19. The Morgan fingerprint density at radius 1 is 1.55 bits per heavy atom. The summed E-state index contributed by atoms with van der Waals surface area (Å²) in [5.74, 6) is 1.17. The Hall–Kier alpha value is -1.95. The second-order valence-electron chi connectivity index (χ2n) is 4.95. The van der Waals surface area contributed by atoms with Gasteiger partial charge in [0.25, 0.3) is 0 Å². The van der Waals surface area contributed by atoms with Crippen molar-refractivity contribution in [3.63, 3.8) is 0 Å². The topological polar surface area (TPSA) is 70.2 Å². The van der Waals surface area contributed by atoms with E-state index in [0.717, 1.165) is 32.5 Å². The first-order chi connectivity index (χ1) is 9.67. The number of nitrogens with one attached hydrogen (secondary N) is 2. The van der Waals surface area contributed by atoms with Gasteiger partial charge in [-0.1, -0.05) is 6.08 Å². The average molecular weight is 275 g/mol. The number of urea groups is 1. The molecule has 6 nitrogen and oxygen atoms in total. The SMILES string of the molecule is C=CCN1CCC(NC(=O)Nc2ccnc(C)n2)CC1. The van der Waals surface area contributed by atoms with Gasteiger partial charge in [-0.25, -0.2) is 14.8 Å². The summed E-state index contributed by atoms with van der Waals surface area (Å²) in [6, 6.07) is 1.70. The van der Waals surface area contributed by atoms with E-state index >= 15 is 0 Å². The van der Waals surface area contributed by atoms with Gasteiger partial charge in [0.05, 0.1) is 0 Å². The number of nitrogens with zero attached hydrogens (tertiary/aromatic N) is 3. The van der Waals surface area contributed by atoms with Crippen LogP contribution in [0.2, 0.25) is 0 Å². The quantitative estimate of drug-likeness (QED) is 0.818. The zero-order valence-corrected chi connectivity index (χ0v) is 11.8. The van der Waals surface area contributed by atoms with E-state index in [1.807, 2.05) is 6.08 Å². The fourth-order valence-corrected chi connectivity index (χ4v) is 2.31. The Labute approximate surface area is 119 Å². The maximum atomic E-state index is 11.9. The smallest absolute Gasteiger partial charge is 0.320 e. The number of likely N-dealkylation sites (tertiary alicyclic amines) is 1. The van der Waals surface area contributed by atoms with Crippen molar-refractivity contribution in [3.05, 3.63) is 30.7 Å². The lowest BCUT2D eigenvalue weighted by Gasteiger charge is -2.31. The van der Waals surface area contributed by atoms with E-state index < -0.39 is 0 Å².